The third-order valence-corrected chi connectivity index (χ3v) is 8.04. The maximum Gasteiger partial charge on any atom is 0.350 e. The molecule has 3 aromatic carbocycles. The molecule has 0 saturated carbocycles. The van der Waals surface area contributed by atoms with Gasteiger partial charge in [-0.15, -0.1) is 0 Å². The van der Waals surface area contributed by atoms with Gasteiger partial charge in [-0.1, -0.05) is 71.0 Å². The Bertz CT molecular complexity index is 1690. The zero-order valence-electron chi connectivity index (χ0n) is 23.7. The number of esters is 1. The second-order valence-corrected chi connectivity index (χ2v) is 11.0. The number of carbonyl (C=O) groups is 3. The molecule has 0 aliphatic carbocycles. The molecule has 1 atom stereocenters. The molecule has 0 bridgehead atoms. The number of Topliss-reactive ketones (excluding diaryl/α,β-unsaturated/α-hetero) is 1. The molecule has 0 spiro atoms. The molecule has 5 rings (SSSR count). The quantitative estimate of drug-likeness (QED) is 0.110. The summed E-state index contributed by atoms with van der Waals surface area (Å²) < 4.78 is 11.0. The summed E-state index contributed by atoms with van der Waals surface area (Å²) in [6.45, 7) is 7.87. The van der Waals surface area contributed by atoms with Crippen LogP contribution >= 0.6 is 11.3 Å². The van der Waals surface area contributed by atoms with Crippen LogP contribution in [-0.2, 0) is 20.9 Å². The lowest BCUT2D eigenvalue weighted by Gasteiger charge is -2.23. The van der Waals surface area contributed by atoms with Gasteiger partial charge in [-0.05, 0) is 63.1 Å². The van der Waals surface area contributed by atoms with Gasteiger partial charge in [0.2, 0.25) is 0 Å². The average molecular weight is 583 g/mol. The molecule has 42 heavy (non-hydrogen) atoms. The minimum atomic E-state index is -0.955. The molecular formula is C33H30N2O6S. The van der Waals surface area contributed by atoms with Gasteiger partial charge in [0.15, 0.2) is 5.13 Å². The van der Waals surface area contributed by atoms with Gasteiger partial charge < -0.3 is 14.6 Å². The van der Waals surface area contributed by atoms with E-state index >= 15 is 0 Å². The minimum Gasteiger partial charge on any atom is -0.507 e. The van der Waals surface area contributed by atoms with Crippen molar-refractivity contribution in [1.82, 2.24) is 4.98 Å². The summed E-state index contributed by atoms with van der Waals surface area (Å²) in [5.41, 5.74) is 4.46. The summed E-state index contributed by atoms with van der Waals surface area (Å²) in [6, 6.07) is 21.1. The molecule has 0 radical (unpaired) electrons. The van der Waals surface area contributed by atoms with E-state index in [9.17, 15) is 19.5 Å². The van der Waals surface area contributed by atoms with E-state index < -0.39 is 23.7 Å². The predicted octanol–water partition coefficient (Wildman–Crippen LogP) is 6.45. The molecule has 2 heterocycles. The third-order valence-electron chi connectivity index (χ3n) is 6.91. The van der Waals surface area contributed by atoms with Crippen LogP contribution in [0.2, 0.25) is 0 Å². The van der Waals surface area contributed by atoms with Crippen molar-refractivity contribution >= 4 is 39.9 Å². The van der Waals surface area contributed by atoms with E-state index in [4.69, 9.17) is 9.47 Å². The number of amides is 1. The van der Waals surface area contributed by atoms with Gasteiger partial charge in [0.1, 0.15) is 23.0 Å². The molecule has 9 heteroatoms. The van der Waals surface area contributed by atoms with Gasteiger partial charge in [-0.3, -0.25) is 14.5 Å². The van der Waals surface area contributed by atoms with Gasteiger partial charge in [-0.25, -0.2) is 9.78 Å². The van der Waals surface area contributed by atoms with E-state index in [1.807, 2.05) is 50.2 Å². The van der Waals surface area contributed by atoms with Crippen molar-refractivity contribution in [2.75, 3.05) is 11.5 Å². The second-order valence-electron chi connectivity index (χ2n) is 10.0. The number of ketones is 1. The maximum atomic E-state index is 13.5. The second kappa shape index (κ2) is 12.0. The van der Waals surface area contributed by atoms with E-state index in [1.165, 1.54) is 4.90 Å². The Morgan fingerprint density at radius 1 is 0.976 bits per heavy atom. The molecule has 1 aromatic heterocycles. The SMILES string of the molecule is CCOC(=O)c1sc(N2C(=O)C(=O)C(=C(O)c3ccc(OCc4cccc(C)c4)cc3)[C@@H]2c2ccc(C)cc2)nc1C. The summed E-state index contributed by atoms with van der Waals surface area (Å²) in [5.74, 6) is -1.96. The van der Waals surface area contributed by atoms with Crippen LogP contribution in [0.15, 0.2) is 78.4 Å². The first-order valence-corrected chi connectivity index (χ1v) is 14.3. The highest BCUT2D eigenvalue weighted by Crippen LogP contribution is 2.44. The number of hydrogen-bond acceptors (Lipinski definition) is 8. The molecular weight excluding hydrogens is 552 g/mol. The minimum absolute atomic E-state index is 0.0668. The Kier molecular flexibility index (Phi) is 8.22. The largest absolute Gasteiger partial charge is 0.507 e. The third kappa shape index (κ3) is 5.69. The fraction of sp³-hybridized carbons (Fsp3) is 0.212. The predicted molar refractivity (Wildman–Crippen MR) is 161 cm³/mol. The number of benzene rings is 3. The van der Waals surface area contributed by atoms with E-state index in [2.05, 4.69) is 4.98 Å². The van der Waals surface area contributed by atoms with E-state index in [0.29, 0.717) is 29.2 Å². The van der Waals surface area contributed by atoms with Crippen LogP contribution < -0.4 is 9.64 Å². The molecule has 1 amide bonds. The van der Waals surface area contributed by atoms with Crippen LogP contribution in [0.3, 0.4) is 0 Å². The smallest absolute Gasteiger partial charge is 0.350 e. The average Bonchev–Trinajstić information content (AvgIpc) is 3.48. The molecule has 1 aliphatic rings. The Labute approximate surface area is 247 Å². The van der Waals surface area contributed by atoms with Gasteiger partial charge in [0.25, 0.3) is 5.78 Å². The van der Waals surface area contributed by atoms with Crippen molar-refractivity contribution in [3.63, 3.8) is 0 Å². The number of anilines is 1. The number of ether oxygens (including phenoxy) is 2. The summed E-state index contributed by atoms with van der Waals surface area (Å²) in [4.78, 5) is 45.4. The number of aliphatic hydroxyl groups is 1. The molecule has 214 valence electrons. The fourth-order valence-electron chi connectivity index (χ4n) is 4.80. The van der Waals surface area contributed by atoms with Crippen LogP contribution in [0, 0.1) is 20.8 Å². The lowest BCUT2D eigenvalue weighted by Crippen LogP contribution is -2.29. The first-order valence-electron chi connectivity index (χ1n) is 13.5. The summed E-state index contributed by atoms with van der Waals surface area (Å²) in [5, 5.41) is 11.6. The van der Waals surface area contributed by atoms with Gasteiger partial charge >= 0.3 is 11.9 Å². The van der Waals surface area contributed by atoms with Crippen LogP contribution in [0.25, 0.3) is 5.76 Å². The zero-order chi connectivity index (χ0) is 30.0. The number of hydrogen-bond donors (Lipinski definition) is 1. The van der Waals surface area contributed by atoms with E-state index in [-0.39, 0.29) is 27.9 Å². The fourth-order valence-corrected chi connectivity index (χ4v) is 5.79. The van der Waals surface area contributed by atoms with Crippen molar-refractivity contribution in [2.24, 2.45) is 0 Å². The monoisotopic (exact) mass is 582 g/mol. The van der Waals surface area contributed by atoms with Crippen molar-refractivity contribution in [3.05, 3.63) is 117 Å². The van der Waals surface area contributed by atoms with Crippen LogP contribution in [0.1, 0.15) is 56.1 Å². The molecule has 1 saturated heterocycles. The molecule has 1 N–H and O–H groups in total. The lowest BCUT2D eigenvalue weighted by molar-refractivity contribution is -0.132. The Hall–Kier alpha value is -4.76. The molecule has 1 aliphatic heterocycles. The number of rotatable bonds is 8. The summed E-state index contributed by atoms with van der Waals surface area (Å²) in [6.07, 6.45) is 0. The van der Waals surface area contributed by atoms with Gasteiger partial charge in [0, 0.05) is 5.56 Å². The summed E-state index contributed by atoms with van der Waals surface area (Å²) in [7, 11) is 0. The topological polar surface area (TPSA) is 106 Å². The molecule has 1 fully saturated rings. The standard InChI is InChI=1S/C33H30N2O6S/c1-5-40-32(39)30-21(4)34-33(42-30)35-27(23-11-9-19(2)10-12-23)26(29(37)31(35)38)28(36)24-13-15-25(16-14-24)41-18-22-8-6-7-20(3)17-22/h6-17,27,36H,5,18H2,1-4H3/t27-/m0/s1. The van der Waals surface area contributed by atoms with Gasteiger partial charge in [0.05, 0.1) is 23.9 Å². The Balaban J connectivity index is 1.52. The molecule has 4 aromatic rings. The lowest BCUT2D eigenvalue weighted by atomic mass is 9.95. The van der Waals surface area contributed by atoms with E-state index in [1.54, 1.807) is 50.2 Å². The van der Waals surface area contributed by atoms with Gasteiger partial charge in [-0.2, -0.15) is 0 Å². The first-order chi connectivity index (χ1) is 20.2. The number of aromatic nitrogens is 1. The number of thiazole rings is 1. The molecule has 8 nitrogen and oxygen atoms in total. The Morgan fingerprint density at radius 2 is 1.69 bits per heavy atom. The van der Waals surface area contributed by atoms with Crippen LogP contribution in [0.5, 0.6) is 5.75 Å². The summed E-state index contributed by atoms with van der Waals surface area (Å²) >= 11 is 0.975. The molecule has 0 unspecified atom stereocenters. The Morgan fingerprint density at radius 3 is 2.36 bits per heavy atom. The highest BCUT2D eigenvalue weighted by molar-refractivity contribution is 7.17. The number of carbonyl (C=O) groups excluding carboxylic acids is 3. The van der Waals surface area contributed by atoms with Crippen molar-refractivity contribution < 1.29 is 29.0 Å². The highest BCUT2D eigenvalue weighted by atomic mass is 32.1. The number of nitrogens with zero attached hydrogens (tertiary/aromatic N) is 2. The van der Waals surface area contributed by atoms with Crippen LogP contribution in [-0.4, -0.2) is 34.4 Å². The first kappa shape index (κ1) is 28.8. The highest BCUT2D eigenvalue weighted by Gasteiger charge is 2.48. The zero-order valence-corrected chi connectivity index (χ0v) is 24.5. The van der Waals surface area contributed by atoms with Crippen LogP contribution in [0.4, 0.5) is 5.13 Å². The maximum absolute atomic E-state index is 13.5. The van der Waals surface area contributed by atoms with Crippen molar-refractivity contribution in [3.8, 4) is 5.75 Å². The number of aliphatic hydroxyl groups excluding tert-OH is 1. The van der Waals surface area contributed by atoms with E-state index in [0.717, 1.165) is 28.0 Å². The number of aryl methyl sites for hydroxylation is 3. The van der Waals surface area contributed by atoms with Crippen molar-refractivity contribution in [2.45, 2.75) is 40.3 Å². The van der Waals surface area contributed by atoms with Crippen molar-refractivity contribution in [1.29, 1.82) is 0 Å². The normalized spacial score (nSPS) is 16.1.